The highest BCUT2D eigenvalue weighted by molar-refractivity contribution is 9.11. The minimum Gasteiger partial charge on any atom is -0.490 e. The van der Waals surface area contributed by atoms with Crippen molar-refractivity contribution in [1.82, 2.24) is 0 Å². The largest absolute Gasteiger partial charge is 0.490 e. The van der Waals surface area contributed by atoms with E-state index in [4.69, 9.17) is 4.74 Å². The molecule has 0 aliphatic heterocycles. The van der Waals surface area contributed by atoms with Gasteiger partial charge in [0.2, 0.25) is 0 Å². The molecule has 0 bridgehead atoms. The molecule has 0 radical (unpaired) electrons. The molecular weight excluding hydrogens is 376 g/mol. The van der Waals surface area contributed by atoms with Crippen molar-refractivity contribution < 1.29 is 4.74 Å². The minimum absolute atomic E-state index is 0.681. The van der Waals surface area contributed by atoms with Gasteiger partial charge in [-0.3, -0.25) is 0 Å². The van der Waals surface area contributed by atoms with Gasteiger partial charge >= 0.3 is 0 Å². The van der Waals surface area contributed by atoms with Crippen molar-refractivity contribution in [2.75, 3.05) is 12.4 Å². The first-order valence-corrected chi connectivity index (χ1v) is 8.09. The first-order valence-electron chi connectivity index (χ1n) is 5.52. The number of rotatable bonds is 5. The van der Waals surface area contributed by atoms with Crippen molar-refractivity contribution in [3.63, 3.8) is 0 Å². The van der Waals surface area contributed by atoms with E-state index in [1.807, 2.05) is 36.4 Å². The molecule has 0 fully saturated rings. The van der Waals surface area contributed by atoms with E-state index in [9.17, 15) is 0 Å². The van der Waals surface area contributed by atoms with E-state index in [0.717, 1.165) is 20.4 Å². The summed E-state index contributed by atoms with van der Waals surface area (Å²) < 4.78 is 7.72. The zero-order chi connectivity index (χ0) is 12.8. The standard InChI is InChI=1S/C14H12Br2OS/c15-12-7-4-8-13(16)14(12)17-9-10-18-11-5-2-1-3-6-11/h1-8H,9-10H2. The SMILES string of the molecule is Brc1cccc(Br)c1OCCSc1ccccc1. The molecule has 0 saturated heterocycles. The molecule has 2 aromatic carbocycles. The van der Waals surface area contributed by atoms with Crippen LogP contribution in [0.5, 0.6) is 5.75 Å². The van der Waals surface area contributed by atoms with Gasteiger partial charge in [0.1, 0.15) is 5.75 Å². The molecule has 0 aromatic heterocycles. The van der Waals surface area contributed by atoms with E-state index in [0.29, 0.717) is 6.61 Å². The molecule has 0 amide bonds. The maximum atomic E-state index is 5.77. The maximum Gasteiger partial charge on any atom is 0.147 e. The second-order valence-corrected chi connectivity index (χ2v) is 6.44. The Kier molecular flexibility index (Phi) is 5.60. The number of ether oxygens (including phenoxy) is 1. The van der Waals surface area contributed by atoms with E-state index in [1.165, 1.54) is 4.90 Å². The smallest absolute Gasteiger partial charge is 0.147 e. The average molecular weight is 388 g/mol. The molecule has 94 valence electrons. The van der Waals surface area contributed by atoms with Crippen molar-refractivity contribution in [3.8, 4) is 5.75 Å². The highest BCUT2D eigenvalue weighted by Crippen LogP contribution is 2.33. The molecule has 0 heterocycles. The Labute approximate surface area is 128 Å². The zero-order valence-corrected chi connectivity index (χ0v) is 13.6. The van der Waals surface area contributed by atoms with Crippen LogP contribution in [0, 0.1) is 0 Å². The minimum atomic E-state index is 0.681. The first kappa shape index (κ1) is 14.0. The lowest BCUT2D eigenvalue weighted by atomic mass is 10.3. The summed E-state index contributed by atoms with van der Waals surface area (Å²) in [7, 11) is 0. The normalized spacial score (nSPS) is 10.3. The molecule has 0 atom stereocenters. The Balaban J connectivity index is 1.82. The summed E-state index contributed by atoms with van der Waals surface area (Å²) in [6, 6.07) is 16.3. The van der Waals surface area contributed by atoms with E-state index in [-0.39, 0.29) is 0 Å². The summed E-state index contributed by atoms with van der Waals surface area (Å²) in [6.45, 7) is 0.681. The molecule has 2 rings (SSSR count). The number of hydrogen-bond donors (Lipinski definition) is 0. The van der Waals surface area contributed by atoms with Gasteiger partial charge in [-0.25, -0.2) is 0 Å². The third-order valence-electron chi connectivity index (χ3n) is 2.26. The lowest BCUT2D eigenvalue weighted by Gasteiger charge is -2.09. The molecule has 1 nitrogen and oxygen atoms in total. The van der Waals surface area contributed by atoms with Crippen molar-refractivity contribution in [1.29, 1.82) is 0 Å². The lowest BCUT2D eigenvalue weighted by molar-refractivity contribution is 0.339. The van der Waals surface area contributed by atoms with Crippen LogP contribution in [0.1, 0.15) is 0 Å². The van der Waals surface area contributed by atoms with Crippen LogP contribution in [-0.2, 0) is 0 Å². The van der Waals surface area contributed by atoms with Crippen molar-refractivity contribution >= 4 is 43.6 Å². The van der Waals surface area contributed by atoms with Crippen LogP contribution in [0.3, 0.4) is 0 Å². The molecule has 4 heteroatoms. The van der Waals surface area contributed by atoms with Crippen LogP contribution >= 0.6 is 43.6 Å². The molecule has 0 spiro atoms. The predicted molar refractivity (Wildman–Crippen MR) is 84.5 cm³/mol. The Morgan fingerprint density at radius 3 is 2.22 bits per heavy atom. The lowest BCUT2D eigenvalue weighted by Crippen LogP contribution is -2.01. The van der Waals surface area contributed by atoms with Gasteiger partial charge in [0.15, 0.2) is 0 Å². The second-order valence-electron chi connectivity index (χ2n) is 3.56. The van der Waals surface area contributed by atoms with Crippen LogP contribution in [-0.4, -0.2) is 12.4 Å². The highest BCUT2D eigenvalue weighted by Gasteiger charge is 2.05. The molecule has 2 aromatic rings. The average Bonchev–Trinajstić information content (AvgIpc) is 2.38. The van der Waals surface area contributed by atoms with Gasteiger partial charge in [-0.15, -0.1) is 11.8 Å². The summed E-state index contributed by atoms with van der Waals surface area (Å²) in [5.41, 5.74) is 0. The van der Waals surface area contributed by atoms with Crippen LogP contribution in [0.15, 0.2) is 62.4 Å². The summed E-state index contributed by atoms with van der Waals surface area (Å²) in [5.74, 6) is 1.80. The van der Waals surface area contributed by atoms with Gasteiger partial charge < -0.3 is 4.74 Å². The number of para-hydroxylation sites is 1. The molecule has 0 aliphatic rings. The fourth-order valence-corrected chi connectivity index (χ4v) is 3.42. The summed E-state index contributed by atoms with van der Waals surface area (Å²) in [4.78, 5) is 1.27. The third kappa shape index (κ3) is 4.04. The number of thioether (sulfide) groups is 1. The number of halogens is 2. The molecule has 18 heavy (non-hydrogen) atoms. The molecule has 0 saturated carbocycles. The molecule has 0 aliphatic carbocycles. The molecule has 0 N–H and O–H groups in total. The quantitative estimate of drug-likeness (QED) is 0.502. The van der Waals surface area contributed by atoms with E-state index < -0.39 is 0 Å². The maximum absolute atomic E-state index is 5.77. The number of hydrogen-bond acceptors (Lipinski definition) is 2. The van der Waals surface area contributed by atoms with Crippen LogP contribution < -0.4 is 4.74 Å². The number of benzene rings is 2. The second kappa shape index (κ2) is 7.22. The molecular formula is C14H12Br2OS. The monoisotopic (exact) mass is 386 g/mol. The van der Waals surface area contributed by atoms with Gasteiger partial charge in [0, 0.05) is 10.6 Å². The topological polar surface area (TPSA) is 9.23 Å². The summed E-state index contributed by atoms with van der Waals surface area (Å²) >= 11 is 8.76. The van der Waals surface area contributed by atoms with Crippen molar-refractivity contribution in [3.05, 3.63) is 57.5 Å². The predicted octanol–water partition coefficient (Wildman–Crippen LogP) is 5.38. The fraction of sp³-hybridized carbons (Fsp3) is 0.143. The third-order valence-corrected chi connectivity index (χ3v) is 4.49. The zero-order valence-electron chi connectivity index (χ0n) is 9.61. The highest BCUT2D eigenvalue weighted by atomic mass is 79.9. The van der Waals surface area contributed by atoms with Crippen LogP contribution in [0.2, 0.25) is 0 Å². The molecule has 0 unspecified atom stereocenters. The van der Waals surface area contributed by atoms with Crippen LogP contribution in [0.4, 0.5) is 0 Å². The van der Waals surface area contributed by atoms with Gasteiger partial charge in [0.05, 0.1) is 15.6 Å². The first-order chi connectivity index (χ1) is 8.77. The van der Waals surface area contributed by atoms with Gasteiger partial charge in [-0.2, -0.15) is 0 Å². The van der Waals surface area contributed by atoms with Crippen molar-refractivity contribution in [2.45, 2.75) is 4.90 Å². The van der Waals surface area contributed by atoms with Gasteiger partial charge in [0.25, 0.3) is 0 Å². The van der Waals surface area contributed by atoms with Gasteiger partial charge in [-0.05, 0) is 56.1 Å². The van der Waals surface area contributed by atoms with E-state index in [1.54, 1.807) is 11.8 Å². The Morgan fingerprint density at radius 2 is 1.56 bits per heavy atom. The Bertz CT molecular complexity index is 482. The Hall–Kier alpha value is -0.450. The van der Waals surface area contributed by atoms with Crippen LogP contribution in [0.25, 0.3) is 0 Å². The van der Waals surface area contributed by atoms with Crippen molar-refractivity contribution in [2.24, 2.45) is 0 Å². The summed E-state index contributed by atoms with van der Waals surface area (Å²) in [6.07, 6.45) is 0. The summed E-state index contributed by atoms with van der Waals surface area (Å²) in [5, 5.41) is 0. The van der Waals surface area contributed by atoms with E-state index >= 15 is 0 Å². The fourth-order valence-electron chi connectivity index (χ4n) is 1.44. The van der Waals surface area contributed by atoms with Gasteiger partial charge in [-0.1, -0.05) is 24.3 Å². The Morgan fingerprint density at radius 1 is 0.889 bits per heavy atom. The van der Waals surface area contributed by atoms with E-state index in [2.05, 4.69) is 44.0 Å².